The number of halogens is 3. The second-order valence-electron chi connectivity index (χ2n) is 5.28. The van der Waals surface area contributed by atoms with Gasteiger partial charge in [-0.2, -0.15) is 9.78 Å². The van der Waals surface area contributed by atoms with Crippen LogP contribution in [0.15, 0.2) is 59.5 Å². The fourth-order valence-corrected chi connectivity index (χ4v) is 2.43. The highest BCUT2D eigenvalue weighted by Gasteiger charge is 2.10. The molecule has 1 aromatic heterocycles. The second kappa shape index (κ2) is 7.97. The van der Waals surface area contributed by atoms with Crippen LogP contribution in [0.25, 0.3) is 5.69 Å². The number of para-hydroxylation sites is 1. The molecule has 0 unspecified atom stereocenters. The molecule has 0 aliphatic heterocycles. The SMILES string of the molecule is O=c1c(Cl)c(NCCOc2ccc(F)c(F)c2)cnn1-c1ccccc1. The molecule has 0 saturated carbocycles. The van der Waals surface area contributed by atoms with Gasteiger partial charge in [-0.1, -0.05) is 29.8 Å². The predicted octanol–water partition coefficient (Wildman–Crippen LogP) is 3.66. The first kappa shape index (κ1) is 17.9. The van der Waals surface area contributed by atoms with Gasteiger partial charge in [0.05, 0.1) is 17.6 Å². The van der Waals surface area contributed by atoms with Gasteiger partial charge >= 0.3 is 0 Å². The number of nitrogens with zero attached hydrogens (tertiary/aromatic N) is 2. The summed E-state index contributed by atoms with van der Waals surface area (Å²) in [7, 11) is 0. The Hall–Kier alpha value is -2.93. The van der Waals surface area contributed by atoms with E-state index in [2.05, 4.69) is 10.4 Å². The molecule has 0 bridgehead atoms. The summed E-state index contributed by atoms with van der Waals surface area (Å²) in [6.07, 6.45) is 1.44. The Morgan fingerprint density at radius 3 is 2.62 bits per heavy atom. The molecule has 0 amide bonds. The van der Waals surface area contributed by atoms with E-state index in [1.54, 1.807) is 24.3 Å². The molecule has 0 atom stereocenters. The first-order valence-electron chi connectivity index (χ1n) is 7.71. The third kappa shape index (κ3) is 4.00. The number of benzene rings is 2. The lowest BCUT2D eigenvalue weighted by Crippen LogP contribution is -2.23. The van der Waals surface area contributed by atoms with Gasteiger partial charge in [-0.3, -0.25) is 4.79 Å². The van der Waals surface area contributed by atoms with Gasteiger partial charge < -0.3 is 10.1 Å². The van der Waals surface area contributed by atoms with Crippen molar-refractivity contribution in [2.45, 2.75) is 0 Å². The van der Waals surface area contributed by atoms with E-state index in [-0.39, 0.29) is 23.9 Å². The average molecular weight is 378 g/mol. The lowest BCUT2D eigenvalue weighted by Gasteiger charge is -2.11. The van der Waals surface area contributed by atoms with E-state index >= 15 is 0 Å². The summed E-state index contributed by atoms with van der Waals surface area (Å²) < 4.78 is 32.5. The molecule has 0 radical (unpaired) electrons. The van der Waals surface area contributed by atoms with Crippen LogP contribution in [-0.4, -0.2) is 22.9 Å². The zero-order valence-electron chi connectivity index (χ0n) is 13.5. The van der Waals surface area contributed by atoms with E-state index in [0.29, 0.717) is 11.4 Å². The Morgan fingerprint density at radius 1 is 1.12 bits per heavy atom. The maximum atomic E-state index is 13.1. The molecule has 5 nitrogen and oxygen atoms in total. The zero-order valence-corrected chi connectivity index (χ0v) is 14.2. The molecule has 2 aromatic carbocycles. The van der Waals surface area contributed by atoms with Gasteiger partial charge in [0.2, 0.25) is 0 Å². The maximum Gasteiger partial charge on any atom is 0.292 e. The maximum absolute atomic E-state index is 13.1. The van der Waals surface area contributed by atoms with Crippen molar-refractivity contribution in [3.63, 3.8) is 0 Å². The monoisotopic (exact) mass is 377 g/mol. The molecule has 0 aliphatic carbocycles. The Morgan fingerprint density at radius 2 is 1.88 bits per heavy atom. The van der Waals surface area contributed by atoms with Crippen LogP contribution in [0.1, 0.15) is 0 Å². The van der Waals surface area contributed by atoms with Crippen molar-refractivity contribution in [3.8, 4) is 11.4 Å². The molecule has 0 fully saturated rings. The van der Waals surface area contributed by atoms with E-state index < -0.39 is 17.2 Å². The number of rotatable bonds is 6. The molecule has 3 aromatic rings. The van der Waals surface area contributed by atoms with Gasteiger partial charge in [0.25, 0.3) is 5.56 Å². The van der Waals surface area contributed by atoms with Gasteiger partial charge in [-0.25, -0.2) is 8.78 Å². The number of aromatic nitrogens is 2. The van der Waals surface area contributed by atoms with Gasteiger partial charge in [-0.05, 0) is 24.3 Å². The summed E-state index contributed by atoms with van der Waals surface area (Å²) >= 11 is 6.11. The molecule has 0 saturated heterocycles. The van der Waals surface area contributed by atoms with Crippen molar-refractivity contribution in [2.75, 3.05) is 18.5 Å². The third-order valence-electron chi connectivity index (χ3n) is 3.50. The van der Waals surface area contributed by atoms with Crippen LogP contribution in [-0.2, 0) is 0 Å². The van der Waals surface area contributed by atoms with Crippen molar-refractivity contribution in [1.29, 1.82) is 0 Å². The molecule has 8 heteroatoms. The van der Waals surface area contributed by atoms with Crippen molar-refractivity contribution in [1.82, 2.24) is 9.78 Å². The summed E-state index contributed by atoms with van der Waals surface area (Å²) in [5, 5.41) is 7.02. The third-order valence-corrected chi connectivity index (χ3v) is 3.86. The van der Waals surface area contributed by atoms with Crippen LogP contribution in [0.2, 0.25) is 5.02 Å². The highest BCUT2D eigenvalue weighted by Crippen LogP contribution is 2.17. The van der Waals surface area contributed by atoms with Crippen LogP contribution in [0.3, 0.4) is 0 Å². The summed E-state index contributed by atoms with van der Waals surface area (Å²) in [5.41, 5.74) is 0.509. The molecule has 0 spiro atoms. The highest BCUT2D eigenvalue weighted by molar-refractivity contribution is 6.32. The van der Waals surface area contributed by atoms with Crippen molar-refractivity contribution >= 4 is 17.3 Å². The van der Waals surface area contributed by atoms with Gasteiger partial charge in [0, 0.05) is 12.6 Å². The van der Waals surface area contributed by atoms with Crippen molar-refractivity contribution in [2.24, 2.45) is 0 Å². The second-order valence-corrected chi connectivity index (χ2v) is 5.65. The Balaban J connectivity index is 1.63. The predicted molar refractivity (Wildman–Crippen MR) is 95.2 cm³/mol. The number of hydrogen-bond donors (Lipinski definition) is 1. The molecular formula is C18H14ClF2N3O2. The summed E-state index contributed by atoms with van der Waals surface area (Å²) in [6.45, 7) is 0.443. The van der Waals surface area contributed by atoms with Gasteiger partial charge in [0.15, 0.2) is 11.6 Å². The Kier molecular flexibility index (Phi) is 5.48. The fraction of sp³-hybridized carbons (Fsp3) is 0.111. The molecule has 1 N–H and O–H groups in total. The minimum absolute atomic E-state index is 0.00307. The van der Waals surface area contributed by atoms with E-state index in [1.165, 1.54) is 16.9 Å². The van der Waals surface area contributed by atoms with E-state index in [4.69, 9.17) is 16.3 Å². The van der Waals surface area contributed by atoms with Gasteiger partial charge in [-0.15, -0.1) is 0 Å². The van der Waals surface area contributed by atoms with E-state index in [1.807, 2.05) is 6.07 Å². The topological polar surface area (TPSA) is 56.1 Å². The van der Waals surface area contributed by atoms with Crippen LogP contribution in [0.4, 0.5) is 14.5 Å². The Labute approximate surface area is 152 Å². The average Bonchev–Trinajstić information content (AvgIpc) is 2.65. The molecule has 134 valence electrons. The first-order valence-corrected chi connectivity index (χ1v) is 8.09. The number of anilines is 1. The molecule has 0 aliphatic rings. The van der Waals surface area contributed by atoms with Crippen molar-refractivity contribution < 1.29 is 13.5 Å². The lowest BCUT2D eigenvalue weighted by atomic mass is 10.3. The summed E-state index contributed by atoms with van der Waals surface area (Å²) in [5.74, 6) is -1.71. The molecular weight excluding hydrogens is 364 g/mol. The number of hydrogen-bond acceptors (Lipinski definition) is 4. The fourth-order valence-electron chi connectivity index (χ4n) is 2.23. The quantitative estimate of drug-likeness (QED) is 0.666. The largest absolute Gasteiger partial charge is 0.492 e. The van der Waals surface area contributed by atoms with Crippen LogP contribution < -0.4 is 15.6 Å². The van der Waals surface area contributed by atoms with Crippen molar-refractivity contribution in [3.05, 3.63) is 81.7 Å². The van der Waals surface area contributed by atoms with Crippen LogP contribution >= 0.6 is 11.6 Å². The standard InChI is InChI=1S/C18H14ClF2N3O2/c19-17-16(11-23-24(18(17)25)12-4-2-1-3-5-12)22-8-9-26-13-6-7-14(20)15(21)10-13/h1-7,10-11,22H,8-9H2. The molecule has 1 heterocycles. The summed E-state index contributed by atoms with van der Waals surface area (Å²) in [6, 6.07) is 12.2. The van der Waals surface area contributed by atoms with Crippen LogP contribution in [0.5, 0.6) is 5.75 Å². The normalized spacial score (nSPS) is 10.6. The molecule has 3 rings (SSSR count). The zero-order chi connectivity index (χ0) is 18.5. The minimum Gasteiger partial charge on any atom is -0.492 e. The minimum atomic E-state index is -0.979. The number of ether oxygens (including phenoxy) is 1. The smallest absolute Gasteiger partial charge is 0.292 e. The van der Waals surface area contributed by atoms with E-state index in [9.17, 15) is 13.6 Å². The van der Waals surface area contributed by atoms with Gasteiger partial charge in [0.1, 0.15) is 17.4 Å². The van der Waals surface area contributed by atoms with E-state index in [0.717, 1.165) is 12.1 Å². The van der Waals surface area contributed by atoms with Crippen LogP contribution in [0, 0.1) is 11.6 Å². The number of nitrogens with one attached hydrogen (secondary N) is 1. The molecule has 26 heavy (non-hydrogen) atoms. The highest BCUT2D eigenvalue weighted by atomic mass is 35.5. The first-order chi connectivity index (χ1) is 12.6. The lowest BCUT2D eigenvalue weighted by molar-refractivity contribution is 0.329. The summed E-state index contributed by atoms with van der Waals surface area (Å²) in [4.78, 5) is 12.3. The Bertz CT molecular complexity index is 964.